The predicted octanol–water partition coefficient (Wildman–Crippen LogP) is 3.74. The summed E-state index contributed by atoms with van der Waals surface area (Å²) in [6.45, 7) is 6.42. The second-order valence-electron chi connectivity index (χ2n) is 5.10. The highest BCUT2D eigenvalue weighted by atomic mass is 35.5. The second-order valence-corrected chi connectivity index (χ2v) is 5.51. The number of benzene rings is 1. The molecule has 0 heterocycles. The van der Waals surface area contributed by atoms with Crippen molar-refractivity contribution in [2.75, 3.05) is 20.1 Å². The van der Waals surface area contributed by atoms with Gasteiger partial charge in [0.2, 0.25) is 0 Å². The summed E-state index contributed by atoms with van der Waals surface area (Å²) in [4.78, 5) is 2.27. The largest absolute Gasteiger partial charge is 0.388 e. The minimum atomic E-state index is -0.474. The number of rotatable bonds is 7. The van der Waals surface area contributed by atoms with Crippen molar-refractivity contribution in [2.24, 2.45) is 5.92 Å². The molecular weight excluding hydrogens is 246 g/mol. The van der Waals surface area contributed by atoms with Gasteiger partial charge in [-0.2, -0.15) is 0 Å². The van der Waals surface area contributed by atoms with Crippen LogP contribution in [-0.4, -0.2) is 30.1 Å². The molecule has 1 N–H and O–H groups in total. The first-order chi connectivity index (χ1) is 8.54. The Kier molecular flexibility index (Phi) is 6.69. The molecule has 2 atom stereocenters. The average molecular weight is 270 g/mol. The third-order valence-corrected chi connectivity index (χ3v) is 3.71. The highest BCUT2D eigenvalue weighted by Gasteiger charge is 2.12. The molecule has 0 amide bonds. The molecule has 3 heteroatoms. The average Bonchev–Trinajstić information content (AvgIpc) is 2.36. The van der Waals surface area contributed by atoms with Gasteiger partial charge in [0.1, 0.15) is 0 Å². The van der Waals surface area contributed by atoms with Gasteiger partial charge in [-0.15, -0.1) is 0 Å². The lowest BCUT2D eigenvalue weighted by Gasteiger charge is -2.22. The highest BCUT2D eigenvalue weighted by Crippen LogP contribution is 2.24. The molecule has 0 saturated carbocycles. The molecule has 0 aliphatic carbocycles. The van der Waals surface area contributed by atoms with Crippen molar-refractivity contribution in [1.29, 1.82) is 0 Å². The van der Waals surface area contributed by atoms with E-state index in [2.05, 4.69) is 25.8 Å². The SMILES string of the molecule is CCC(C)CN(C)CCC(O)c1ccccc1Cl. The third kappa shape index (κ3) is 4.97. The Labute approximate surface area is 116 Å². The van der Waals surface area contributed by atoms with E-state index in [0.29, 0.717) is 10.9 Å². The van der Waals surface area contributed by atoms with E-state index in [4.69, 9.17) is 11.6 Å². The van der Waals surface area contributed by atoms with Crippen LogP contribution in [0.4, 0.5) is 0 Å². The van der Waals surface area contributed by atoms with Crippen LogP contribution in [0.15, 0.2) is 24.3 Å². The van der Waals surface area contributed by atoms with Gasteiger partial charge in [0.25, 0.3) is 0 Å². The molecule has 0 saturated heterocycles. The minimum Gasteiger partial charge on any atom is -0.388 e. The van der Waals surface area contributed by atoms with E-state index in [0.717, 1.165) is 25.1 Å². The van der Waals surface area contributed by atoms with Crippen LogP contribution in [0.2, 0.25) is 5.02 Å². The Morgan fingerprint density at radius 1 is 1.33 bits per heavy atom. The first kappa shape index (κ1) is 15.5. The molecule has 2 unspecified atom stereocenters. The van der Waals surface area contributed by atoms with E-state index in [-0.39, 0.29) is 0 Å². The summed E-state index contributed by atoms with van der Waals surface area (Å²) in [5, 5.41) is 10.8. The zero-order chi connectivity index (χ0) is 13.5. The van der Waals surface area contributed by atoms with Crippen LogP contribution < -0.4 is 0 Å². The molecular formula is C15H24ClNO. The van der Waals surface area contributed by atoms with Gasteiger partial charge in [-0.25, -0.2) is 0 Å². The Morgan fingerprint density at radius 2 is 2.00 bits per heavy atom. The number of aliphatic hydroxyl groups is 1. The Bertz CT molecular complexity index is 356. The Balaban J connectivity index is 2.42. The molecule has 1 rings (SSSR count). The molecule has 0 aliphatic rings. The van der Waals surface area contributed by atoms with Crippen molar-refractivity contribution in [1.82, 2.24) is 4.90 Å². The van der Waals surface area contributed by atoms with Gasteiger partial charge in [-0.3, -0.25) is 0 Å². The summed E-state index contributed by atoms with van der Waals surface area (Å²) in [7, 11) is 2.10. The smallest absolute Gasteiger partial charge is 0.0816 e. The van der Waals surface area contributed by atoms with Crippen molar-refractivity contribution >= 4 is 11.6 Å². The maximum atomic E-state index is 10.1. The molecule has 0 radical (unpaired) electrons. The van der Waals surface area contributed by atoms with Crippen molar-refractivity contribution < 1.29 is 5.11 Å². The fraction of sp³-hybridized carbons (Fsp3) is 0.600. The van der Waals surface area contributed by atoms with E-state index in [1.54, 1.807) is 0 Å². The monoisotopic (exact) mass is 269 g/mol. The number of aliphatic hydroxyl groups excluding tert-OH is 1. The van der Waals surface area contributed by atoms with E-state index in [1.807, 2.05) is 24.3 Å². The maximum Gasteiger partial charge on any atom is 0.0816 e. The first-order valence-electron chi connectivity index (χ1n) is 6.65. The first-order valence-corrected chi connectivity index (χ1v) is 7.03. The topological polar surface area (TPSA) is 23.5 Å². The highest BCUT2D eigenvalue weighted by molar-refractivity contribution is 6.31. The van der Waals surface area contributed by atoms with Gasteiger partial charge in [0.05, 0.1) is 6.10 Å². The molecule has 0 aliphatic heterocycles. The number of hydrogen-bond acceptors (Lipinski definition) is 2. The summed E-state index contributed by atoms with van der Waals surface area (Å²) < 4.78 is 0. The number of nitrogens with zero attached hydrogens (tertiary/aromatic N) is 1. The van der Waals surface area contributed by atoms with Gasteiger partial charge in [0.15, 0.2) is 0 Å². The van der Waals surface area contributed by atoms with Crippen LogP contribution in [0.1, 0.15) is 38.4 Å². The minimum absolute atomic E-state index is 0.474. The van der Waals surface area contributed by atoms with E-state index >= 15 is 0 Å². The summed E-state index contributed by atoms with van der Waals surface area (Å²) >= 11 is 6.07. The van der Waals surface area contributed by atoms with Crippen molar-refractivity contribution in [3.8, 4) is 0 Å². The molecule has 18 heavy (non-hydrogen) atoms. The third-order valence-electron chi connectivity index (χ3n) is 3.37. The second kappa shape index (κ2) is 7.78. The molecule has 0 spiro atoms. The van der Waals surface area contributed by atoms with Crippen molar-refractivity contribution in [3.63, 3.8) is 0 Å². The van der Waals surface area contributed by atoms with E-state index in [9.17, 15) is 5.11 Å². The fourth-order valence-corrected chi connectivity index (χ4v) is 2.26. The number of halogens is 1. The summed E-state index contributed by atoms with van der Waals surface area (Å²) in [6.07, 6.45) is 1.44. The standard InChI is InChI=1S/C15H24ClNO/c1-4-12(2)11-17(3)10-9-15(18)13-7-5-6-8-14(13)16/h5-8,12,15,18H,4,9-11H2,1-3H3. The molecule has 2 nitrogen and oxygen atoms in total. The zero-order valence-corrected chi connectivity index (χ0v) is 12.3. The van der Waals surface area contributed by atoms with Gasteiger partial charge in [-0.1, -0.05) is 50.1 Å². The summed E-state index contributed by atoms with van der Waals surface area (Å²) in [5.41, 5.74) is 0.830. The van der Waals surface area contributed by atoms with Crippen molar-refractivity contribution in [3.05, 3.63) is 34.9 Å². The normalized spacial score (nSPS) is 14.8. The van der Waals surface area contributed by atoms with Gasteiger partial charge in [0, 0.05) is 18.1 Å². The van der Waals surface area contributed by atoms with E-state index in [1.165, 1.54) is 6.42 Å². The van der Waals surface area contributed by atoms with Gasteiger partial charge >= 0.3 is 0 Å². The van der Waals surface area contributed by atoms with Gasteiger partial charge in [-0.05, 0) is 31.0 Å². The predicted molar refractivity (Wildman–Crippen MR) is 78.0 cm³/mol. The van der Waals surface area contributed by atoms with Crippen LogP contribution in [-0.2, 0) is 0 Å². The number of hydrogen-bond donors (Lipinski definition) is 1. The molecule has 0 bridgehead atoms. The quantitative estimate of drug-likeness (QED) is 0.815. The molecule has 0 aromatic heterocycles. The van der Waals surface area contributed by atoms with Crippen LogP contribution >= 0.6 is 11.6 Å². The Hall–Kier alpha value is -0.570. The van der Waals surface area contributed by atoms with E-state index < -0.39 is 6.10 Å². The molecule has 102 valence electrons. The summed E-state index contributed by atoms with van der Waals surface area (Å²) in [5.74, 6) is 0.701. The maximum absolute atomic E-state index is 10.1. The van der Waals surface area contributed by atoms with Gasteiger partial charge < -0.3 is 10.0 Å². The van der Waals surface area contributed by atoms with Crippen LogP contribution in [0.3, 0.4) is 0 Å². The molecule has 0 fully saturated rings. The van der Waals surface area contributed by atoms with Crippen LogP contribution in [0, 0.1) is 5.92 Å². The van der Waals surface area contributed by atoms with Crippen LogP contribution in [0.25, 0.3) is 0 Å². The Morgan fingerprint density at radius 3 is 2.61 bits per heavy atom. The molecule has 1 aromatic rings. The van der Waals surface area contributed by atoms with Crippen LogP contribution in [0.5, 0.6) is 0 Å². The molecule has 1 aromatic carbocycles. The lowest BCUT2D eigenvalue weighted by atomic mass is 10.1. The fourth-order valence-electron chi connectivity index (χ4n) is 2.00. The van der Waals surface area contributed by atoms with Crippen molar-refractivity contribution in [2.45, 2.75) is 32.8 Å². The lowest BCUT2D eigenvalue weighted by Crippen LogP contribution is -2.26. The zero-order valence-electron chi connectivity index (χ0n) is 11.6. The lowest BCUT2D eigenvalue weighted by molar-refractivity contribution is 0.145. The summed E-state index contributed by atoms with van der Waals surface area (Å²) in [6, 6.07) is 7.51.